The van der Waals surface area contributed by atoms with Crippen molar-refractivity contribution >= 4 is 22.9 Å². The second-order valence-corrected chi connectivity index (χ2v) is 10.5. The van der Waals surface area contributed by atoms with Gasteiger partial charge in [-0.05, 0) is 75.3 Å². The number of aromatic nitrogens is 5. The van der Waals surface area contributed by atoms with E-state index >= 15 is 0 Å². The summed E-state index contributed by atoms with van der Waals surface area (Å²) in [5, 5.41) is 17.7. The zero-order valence-corrected chi connectivity index (χ0v) is 21.6. The van der Waals surface area contributed by atoms with Crippen molar-refractivity contribution in [2.24, 2.45) is 13.0 Å². The summed E-state index contributed by atoms with van der Waals surface area (Å²) in [6.45, 7) is 5.49. The zero-order chi connectivity index (χ0) is 26.0. The fraction of sp³-hybridized carbons (Fsp3) is 0.429. The Labute approximate surface area is 216 Å². The van der Waals surface area contributed by atoms with Crippen molar-refractivity contribution in [3.63, 3.8) is 0 Å². The van der Waals surface area contributed by atoms with Gasteiger partial charge in [-0.1, -0.05) is 6.07 Å². The van der Waals surface area contributed by atoms with Gasteiger partial charge in [0.25, 0.3) is 5.91 Å². The highest BCUT2D eigenvalue weighted by Gasteiger charge is 2.22. The lowest BCUT2D eigenvalue weighted by Crippen LogP contribution is -2.27. The van der Waals surface area contributed by atoms with E-state index in [1.54, 1.807) is 43.1 Å². The third-order valence-corrected chi connectivity index (χ3v) is 6.79. The molecule has 0 radical (unpaired) electrons. The Kier molecular flexibility index (Phi) is 7.08. The van der Waals surface area contributed by atoms with E-state index in [9.17, 15) is 9.90 Å². The van der Waals surface area contributed by atoms with E-state index in [-0.39, 0.29) is 12.5 Å². The van der Waals surface area contributed by atoms with Crippen LogP contribution in [0.3, 0.4) is 0 Å². The van der Waals surface area contributed by atoms with Gasteiger partial charge >= 0.3 is 0 Å². The van der Waals surface area contributed by atoms with Crippen LogP contribution < -0.4 is 5.32 Å². The number of amides is 1. The number of anilines is 1. The maximum atomic E-state index is 13.3. The average molecular weight is 503 g/mol. The highest BCUT2D eigenvalue weighted by molar-refractivity contribution is 6.04. The highest BCUT2D eigenvalue weighted by atomic mass is 16.5. The van der Waals surface area contributed by atoms with E-state index in [0.29, 0.717) is 23.1 Å². The SMILES string of the molecule is Cn1cc(-c2cc(C(=O)Nc3nc4cc(CCC5CCOCC5)ccc4n3CC(C)(C)O)ccn2)cn1. The van der Waals surface area contributed by atoms with Crippen molar-refractivity contribution in [1.29, 1.82) is 0 Å². The second-order valence-electron chi connectivity index (χ2n) is 10.5. The average Bonchev–Trinajstić information content (AvgIpc) is 3.45. The van der Waals surface area contributed by atoms with Crippen molar-refractivity contribution in [2.75, 3.05) is 18.5 Å². The van der Waals surface area contributed by atoms with E-state index < -0.39 is 5.60 Å². The molecule has 1 saturated heterocycles. The van der Waals surface area contributed by atoms with E-state index in [1.165, 1.54) is 5.56 Å². The summed E-state index contributed by atoms with van der Waals surface area (Å²) < 4.78 is 9.05. The Morgan fingerprint density at radius 1 is 1.22 bits per heavy atom. The van der Waals surface area contributed by atoms with Crippen LogP contribution in [-0.4, -0.2) is 54.1 Å². The fourth-order valence-corrected chi connectivity index (χ4v) is 4.84. The molecule has 194 valence electrons. The number of pyridine rings is 1. The lowest BCUT2D eigenvalue weighted by Gasteiger charge is -2.21. The van der Waals surface area contributed by atoms with Gasteiger partial charge in [-0.25, -0.2) is 4.98 Å². The monoisotopic (exact) mass is 502 g/mol. The molecule has 0 atom stereocenters. The minimum Gasteiger partial charge on any atom is -0.389 e. The predicted octanol–water partition coefficient (Wildman–Crippen LogP) is 4.21. The molecule has 1 aliphatic heterocycles. The Morgan fingerprint density at radius 2 is 2.03 bits per heavy atom. The quantitative estimate of drug-likeness (QED) is 0.374. The molecule has 37 heavy (non-hydrogen) atoms. The molecule has 0 unspecified atom stereocenters. The molecule has 4 heterocycles. The number of nitrogens with zero attached hydrogens (tertiary/aromatic N) is 5. The Balaban J connectivity index is 1.40. The van der Waals surface area contributed by atoms with Gasteiger partial charge in [0.2, 0.25) is 5.95 Å². The van der Waals surface area contributed by atoms with Crippen LogP contribution in [0.4, 0.5) is 5.95 Å². The van der Waals surface area contributed by atoms with Crippen molar-refractivity contribution in [1.82, 2.24) is 24.3 Å². The van der Waals surface area contributed by atoms with Crippen LogP contribution in [0.25, 0.3) is 22.3 Å². The molecule has 9 nitrogen and oxygen atoms in total. The molecule has 2 N–H and O–H groups in total. The topological polar surface area (TPSA) is 107 Å². The van der Waals surface area contributed by atoms with E-state index in [0.717, 1.165) is 55.5 Å². The minimum atomic E-state index is -0.987. The number of ether oxygens (including phenoxy) is 1. The molecule has 9 heteroatoms. The summed E-state index contributed by atoms with van der Waals surface area (Å²) in [5.74, 6) is 0.812. The number of carbonyl (C=O) groups excluding carboxylic acids is 1. The maximum Gasteiger partial charge on any atom is 0.258 e. The van der Waals surface area contributed by atoms with Gasteiger partial charge in [0.1, 0.15) is 0 Å². The molecule has 0 saturated carbocycles. The third-order valence-electron chi connectivity index (χ3n) is 6.79. The van der Waals surface area contributed by atoms with Gasteiger partial charge in [-0.3, -0.25) is 19.8 Å². The molecule has 1 amide bonds. The summed E-state index contributed by atoms with van der Waals surface area (Å²) in [4.78, 5) is 22.4. The number of nitrogens with one attached hydrogen (secondary N) is 1. The minimum absolute atomic E-state index is 0.289. The Morgan fingerprint density at radius 3 is 2.76 bits per heavy atom. The number of fused-ring (bicyclic) bond motifs is 1. The summed E-state index contributed by atoms with van der Waals surface area (Å²) in [6.07, 6.45) is 9.53. The molecule has 0 aliphatic carbocycles. The van der Waals surface area contributed by atoms with Gasteiger partial charge < -0.3 is 14.4 Å². The number of aryl methyl sites for hydroxylation is 2. The Hall–Kier alpha value is -3.56. The van der Waals surface area contributed by atoms with Gasteiger partial charge in [0.05, 0.1) is 35.1 Å². The first-order valence-corrected chi connectivity index (χ1v) is 12.8. The van der Waals surface area contributed by atoms with Crippen LogP contribution in [0.15, 0.2) is 48.9 Å². The van der Waals surface area contributed by atoms with E-state index in [4.69, 9.17) is 9.72 Å². The normalized spacial score (nSPS) is 14.8. The van der Waals surface area contributed by atoms with Gasteiger partial charge in [-0.2, -0.15) is 5.10 Å². The number of rotatable bonds is 8. The first kappa shape index (κ1) is 25.1. The molecular formula is C28H34N6O3. The lowest BCUT2D eigenvalue weighted by atomic mass is 9.93. The standard InChI is InChI=1S/C28H34N6O3/c1-28(2,36)18-34-25-7-6-20(5-4-19-9-12-37-13-10-19)14-24(25)31-27(34)32-26(35)21-8-11-29-23(15-21)22-16-30-33(3)17-22/h6-8,11,14-17,19,36H,4-5,9-10,12-13,18H2,1-3H3,(H,31,32,35). The molecule has 0 bridgehead atoms. The van der Waals surface area contributed by atoms with Crippen LogP contribution >= 0.6 is 0 Å². The number of carbonyl (C=O) groups is 1. The number of imidazole rings is 1. The fourth-order valence-electron chi connectivity index (χ4n) is 4.84. The smallest absolute Gasteiger partial charge is 0.258 e. The highest BCUT2D eigenvalue weighted by Crippen LogP contribution is 2.27. The molecule has 1 aromatic carbocycles. The van der Waals surface area contributed by atoms with Crippen LogP contribution in [0.5, 0.6) is 0 Å². The first-order valence-electron chi connectivity index (χ1n) is 12.8. The summed E-state index contributed by atoms with van der Waals surface area (Å²) in [5.41, 5.74) is 3.87. The number of benzene rings is 1. The molecule has 1 fully saturated rings. The Bertz CT molecular complexity index is 1390. The summed E-state index contributed by atoms with van der Waals surface area (Å²) in [7, 11) is 1.84. The number of aliphatic hydroxyl groups is 1. The van der Waals surface area contributed by atoms with Gasteiger partial charge in [0, 0.05) is 43.8 Å². The van der Waals surface area contributed by atoms with Crippen molar-refractivity contribution in [2.45, 2.75) is 51.7 Å². The van der Waals surface area contributed by atoms with Gasteiger partial charge in [0.15, 0.2) is 0 Å². The summed E-state index contributed by atoms with van der Waals surface area (Å²) in [6, 6.07) is 9.67. The van der Waals surface area contributed by atoms with Gasteiger partial charge in [-0.15, -0.1) is 0 Å². The van der Waals surface area contributed by atoms with Crippen LogP contribution in [0, 0.1) is 5.92 Å². The first-order chi connectivity index (χ1) is 17.7. The molecule has 0 spiro atoms. The van der Waals surface area contributed by atoms with Crippen LogP contribution in [0.2, 0.25) is 0 Å². The molecule has 3 aromatic heterocycles. The molecular weight excluding hydrogens is 468 g/mol. The molecule has 5 rings (SSSR count). The third kappa shape index (κ3) is 6.06. The zero-order valence-electron chi connectivity index (χ0n) is 21.6. The second kappa shape index (κ2) is 10.4. The van der Waals surface area contributed by atoms with Crippen LogP contribution in [-0.2, 0) is 24.8 Å². The van der Waals surface area contributed by atoms with Crippen LogP contribution in [0.1, 0.15) is 49.0 Å². The predicted molar refractivity (Wildman–Crippen MR) is 142 cm³/mol. The van der Waals surface area contributed by atoms with Crippen molar-refractivity contribution < 1.29 is 14.6 Å². The van der Waals surface area contributed by atoms with E-state index in [2.05, 4.69) is 27.5 Å². The van der Waals surface area contributed by atoms with Crippen molar-refractivity contribution in [3.8, 4) is 11.3 Å². The molecule has 4 aromatic rings. The summed E-state index contributed by atoms with van der Waals surface area (Å²) >= 11 is 0. The largest absolute Gasteiger partial charge is 0.389 e. The molecule has 1 aliphatic rings. The lowest BCUT2D eigenvalue weighted by molar-refractivity contribution is 0.0630. The number of hydrogen-bond donors (Lipinski definition) is 2. The maximum absolute atomic E-state index is 13.3. The van der Waals surface area contributed by atoms with E-state index in [1.807, 2.05) is 23.9 Å². The number of hydrogen-bond acceptors (Lipinski definition) is 6. The van der Waals surface area contributed by atoms with Crippen molar-refractivity contribution in [3.05, 3.63) is 60.0 Å².